The Hall–Kier alpha value is -6.78. The van der Waals surface area contributed by atoms with E-state index < -0.39 is 96.6 Å². The Bertz CT molecular complexity index is 2240. The number of aliphatic carboxylic acids is 4. The van der Waals surface area contributed by atoms with E-state index >= 15 is 0 Å². The van der Waals surface area contributed by atoms with Gasteiger partial charge >= 0.3 is 48.5 Å². The van der Waals surface area contributed by atoms with Crippen molar-refractivity contribution in [2.75, 3.05) is 26.1 Å². The van der Waals surface area contributed by atoms with Gasteiger partial charge in [-0.2, -0.15) is 21.6 Å². The zero-order valence-electron chi connectivity index (χ0n) is 46.1. The highest BCUT2D eigenvalue weighted by Crippen LogP contribution is 2.37. The molecule has 28 heteroatoms. The van der Waals surface area contributed by atoms with Crippen LogP contribution in [0.25, 0.3) is 0 Å². The zero-order chi connectivity index (χ0) is 61.2. The first kappa shape index (κ1) is 76.5. The summed E-state index contributed by atoms with van der Waals surface area (Å²) in [7, 11) is -3.67. The molecule has 3 rings (SSSR count). The molecule has 0 bridgehead atoms. The van der Waals surface area contributed by atoms with Gasteiger partial charge in [0, 0.05) is 0 Å². The van der Waals surface area contributed by atoms with E-state index in [2.05, 4.69) is 0 Å². The van der Waals surface area contributed by atoms with Gasteiger partial charge in [-0.15, -0.1) is 12.4 Å². The number of benzene rings is 3. The van der Waals surface area contributed by atoms with Crippen LogP contribution in [0.3, 0.4) is 0 Å². The molecular weight excluding hydrogens is 1100 g/mol. The molecular formula is C51H75ClF3N3O20S. The number of alkyl halides is 3. The molecule has 79 heavy (non-hydrogen) atoms. The molecule has 0 amide bonds. The summed E-state index contributed by atoms with van der Waals surface area (Å²) in [5.74, 6) is -4.03. The first-order chi connectivity index (χ1) is 35.6. The number of nitrogens with two attached hydrogens (primary N) is 3. The Morgan fingerprint density at radius 3 is 0.722 bits per heavy atom. The number of carbonyl (C=O) groups is 7. The number of para-hydroxylation sites is 3. The zero-order valence-corrected chi connectivity index (χ0v) is 47.7. The number of halogens is 4. The first-order valence-corrected chi connectivity index (χ1v) is 25.6. The molecule has 0 aliphatic rings. The highest BCUT2D eigenvalue weighted by atomic mass is 35.5. The molecule has 0 saturated heterocycles. The van der Waals surface area contributed by atoms with Gasteiger partial charge in [0.05, 0.1) is 6.26 Å². The average Bonchev–Trinajstić information content (AvgIpc) is 3.30. The van der Waals surface area contributed by atoms with Crippen molar-refractivity contribution in [1.29, 1.82) is 0 Å². The molecule has 11 N–H and O–H groups in total. The average molecular weight is 1170 g/mol. The Morgan fingerprint density at radius 1 is 0.456 bits per heavy atom. The van der Waals surface area contributed by atoms with E-state index in [1.807, 2.05) is 138 Å². The number of ether oxygens (including phenoxy) is 6. The lowest BCUT2D eigenvalue weighted by atomic mass is 9.94. The van der Waals surface area contributed by atoms with E-state index in [0.29, 0.717) is 23.5 Å². The summed E-state index contributed by atoms with van der Waals surface area (Å²) < 4.78 is 87.9. The normalized spacial score (nSPS) is 12.0. The third-order valence-corrected chi connectivity index (χ3v) is 9.85. The van der Waals surface area contributed by atoms with Crippen molar-refractivity contribution in [2.24, 2.45) is 17.2 Å². The summed E-state index contributed by atoms with van der Waals surface area (Å²) in [4.78, 5) is 76.1. The monoisotopic (exact) mass is 1170 g/mol. The maximum absolute atomic E-state index is 11.8. The molecule has 0 fully saturated rings. The number of hydrogen-bond acceptors (Lipinski definition) is 18. The minimum atomic E-state index is -5.08. The van der Waals surface area contributed by atoms with Crippen molar-refractivity contribution in [2.45, 2.75) is 143 Å². The van der Waals surface area contributed by atoms with Gasteiger partial charge < -0.3 is 66.0 Å². The number of hydrogen-bond donors (Lipinski definition) is 8. The van der Waals surface area contributed by atoms with Gasteiger partial charge in [0.25, 0.3) is 10.1 Å². The molecule has 0 unspecified atom stereocenters. The second-order valence-corrected chi connectivity index (χ2v) is 20.1. The molecule has 0 spiro atoms. The fourth-order valence-corrected chi connectivity index (χ4v) is 5.83. The van der Waals surface area contributed by atoms with Gasteiger partial charge in [-0.3, -0.25) is 18.9 Å². The van der Waals surface area contributed by atoms with Crippen molar-refractivity contribution >= 4 is 64.9 Å². The van der Waals surface area contributed by atoms with Crippen molar-refractivity contribution in [1.82, 2.24) is 0 Å². The predicted molar refractivity (Wildman–Crippen MR) is 285 cm³/mol. The SMILES string of the molecule is CC(C)c1cccc(C(C)C)c1OC(=O)OC[C@H](N)C(=O)O.CC(C)c1cccc(C(C)C)c1OC(=O)OC[C@H](N)C(=O)O.CC(C)c1cccc(C(C)C)c1OC(=O)OC[C@H](N)C(=O)O.CS(=O)(=O)O.Cl.O=C(O)C(F)(F)F. The maximum Gasteiger partial charge on any atom is 0.513 e. The molecule has 0 radical (unpaired) electrons. The predicted octanol–water partition coefficient (Wildman–Crippen LogP) is 9.14. The summed E-state index contributed by atoms with van der Waals surface area (Å²) in [6.45, 7) is 22.7. The Kier molecular flexibility index (Phi) is 35.2. The van der Waals surface area contributed by atoms with Crippen LogP contribution < -0.4 is 31.4 Å². The third kappa shape index (κ3) is 31.4. The van der Waals surface area contributed by atoms with Crippen LogP contribution in [0.15, 0.2) is 54.6 Å². The summed E-state index contributed by atoms with van der Waals surface area (Å²) in [6, 6.07) is 13.3. The Labute approximate surface area is 463 Å². The van der Waals surface area contributed by atoms with E-state index in [4.69, 9.17) is 75.4 Å². The summed E-state index contributed by atoms with van der Waals surface area (Å²) >= 11 is 0. The molecule has 3 atom stereocenters. The van der Waals surface area contributed by atoms with Gasteiger partial charge in [0.1, 0.15) is 55.2 Å². The van der Waals surface area contributed by atoms with Crippen LogP contribution in [0.4, 0.5) is 27.6 Å². The fourth-order valence-electron chi connectivity index (χ4n) is 5.83. The minimum absolute atomic E-state index is 0. The van der Waals surface area contributed by atoms with Crippen LogP contribution in [-0.4, -0.2) is 126 Å². The lowest BCUT2D eigenvalue weighted by Crippen LogP contribution is -2.36. The highest BCUT2D eigenvalue weighted by Gasteiger charge is 2.38. The summed E-state index contributed by atoms with van der Waals surface area (Å²) in [5, 5.41) is 33.1. The van der Waals surface area contributed by atoms with Gasteiger partial charge in [-0.25, -0.2) is 19.2 Å². The van der Waals surface area contributed by atoms with Crippen LogP contribution >= 0.6 is 12.4 Å². The Balaban J connectivity index is -0.000000984. The molecule has 0 heterocycles. The maximum atomic E-state index is 11.8. The van der Waals surface area contributed by atoms with Gasteiger partial charge in [-0.1, -0.05) is 138 Å². The van der Waals surface area contributed by atoms with Crippen molar-refractivity contribution in [3.8, 4) is 17.2 Å². The second kappa shape index (κ2) is 36.4. The van der Waals surface area contributed by atoms with E-state index in [1.54, 1.807) is 0 Å². The lowest BCUT2D eigenvalue weighted by molar-refractivity contribution is -0.192. The molecule has 448 valence electrons. The quantitative estimate of drug-likeness (QED) is 0.0254. The van der Waals surface area contributed by atoms with Crippen LogP contribution in [0, 0.1) is 0 Å². The van der Waals surface area contributed by atoms with Crippen molar-refractivity contribution in [3.63, 3.8) is 0 Å². The van der Waals surface area contributed by atoms with Crippen LogP contribution in [0.5, 0.6) is 17.2 Å². The number of carbonyl (C=O) groups excluding carboxylic acids is 3. The van der Waals surface area contributed by atoms with E-state index in [-0.39, 0.29) is 47.9 Å². The van der Waals surface area contributed by atoms with Gasteiger partial charge in [-0.05, 0) is 68.9 Å². The molecule has 23 nitrogen and oxygen atoms in total. The minimum Gasteiger partial charge on any atom is -0.480 e. The second-order valence-electron chi connectivity index (χ2n) is 18.6. The molecule has 3 aromatic rings. The van der Waals surface area contributed by atoms with Crippen LogP contribution in [0.1, 0.15) is 152 Å². The standard InChI is InChI=1S/3C16H23NO5.C2HF3O2.CH4O3S.ClH/c3*1-9(2)11-6-5-7-12(10(3)4)14(11)22-16(20)21-8-13(17)15(18)19;3-2(4,5)1(6)7;1-5(2,3)4;/h3*5-7,9-10,13H,8,17H2,1-4H3,(H,18,19);(H,6,7);1H3,(H,2,3,4);1H/t3*13-;;;/m000.../s1. The molecule has 0 aliphatic heterocycles. The van der Waals surface area contributed by atoms with Crippen molar-refractivity contribution < 1.29 is 109 Å². The van der Waals surface area contributed by atoms with E-state index in [0.717, 1.165) is 33.4 Å². The first-order valence-electron chi connectivity index (χ1n) is 23.8. The van der Waals surface area contributed by atoms with Crippen LogP contribution in [-0.2, 0) is 43.5 Å². The summed E-state index contributed by atoms with van der Waals surface area (Å²) in [6.07, 6.45) is -7.22. The molecule has 0 aliphatic carbocycles. The third-order valence-electron chi connectivity index (χ3n) is 9.85. The van der Waals surface area contributed by atoms with Gasteiger partial charge in [0.2, 0.25) is 0 Å². The largest absolute Gasteiger partial charge is 0.513 e. The van der Waals surface area contributed by atoms with Gasteiger partial charge in [0.15, 0.2) is 0 Å². The number of carboxylic acids is 4. The summed E-state index contributed by atoms with van der Waals surface area (Å²) in [5.41, 5.74) is 21.2. The smallest absolute Gasteiger partial charge is 0.480 e. The molecule has 0 saturated carbocycles. The van der Waals surface area contributed by atoms with E-state index in [1.165, 1.54) is 0 Å². The number of carboxylic acid groups (broad SMARTS) is 4. The lowest BCUT2D eigenvalue weighted by Gasteiger charge is -2.18. The highest BCUT2D eigenvalue weighted by molar-refractivity contribution is 7.85. The molecule has 3 aromatic carbocycles. The van der Waals surface area contributed by atoms with E-state index in [9.17, 15) is 50.4 Å². The molecule has 0 aromatic heterocycles. The Morgan fingerprint density at radius 2 is 0.608 bits per heavy atom. The van der Waals surface area contributed by atoms with Crippen molar-refractivity contribution in [3.05, 3.63) is 88.0 Å². The topological polar surface area (TPSA) is 388 Å². The number of rotatable bonds is 18. The van der Waals surface area contributed by atoms with Crippen LogP contribution in [0.2, 0.25) is 0 Å². The fraction of sp³-hybridized carbons (Fsp3) is 0.510.